The summed E-state index contributed by atoms with van der Waals surface area (Å²) in [7, 11) is 0. The molecule has 0 aliphatic heterocycles. The molecule has 0 aliphatic rings. The maximum Gasteiger partial charge on any atom is 0.123 e. The molecule has 3 rings (SSSR count). The number of halogens is 1. The monoisotopic (exact) mass is 295 g/mol. The van der Waals surface area contributed by atoms with Crippen LogP contribution in [0.2, 0.25) is 0 Å². The Labute approximate surface area is 129 Å². The van der Waals surface area contributed by atoms with E-state index in [0.717, 1.165) is 22.6 Å². The normalized spacial score (nSPS) is 10.9. The van der Waals surface area contributed by atoms with E-state index in [1.54, 1.807) is 12.1 Å². The lowest BCUT2D eigenvalue weighted by Gasteiger charge is -2.12. The molecule has 0 saturated heterocycles. The van der Waals surface area contributed by atoms with Crippen molar-refractivity contribution in [3.05, 3.63) is 66.6 Å². The molecule has 1 aromatic heterocycles. The van der Waals surface area contributed by atoms with Crippen LogP contribution in [0.1, 0.15) is 19.9 Å². The quantitative estimate of drug-likeness (QED) is 0.733. The minimum atomic E-state index is -0.236. The van der Waals surface area contributed by atoms with Gasteiger partial charge >= 0.3 is 0 Å². The molecule has 0 aliphatic carbocycles. The SMILES string of the molecule is CC(C)n1nccc1-c1cccc(Nc2ccc(F)cc2)c1. The molecule has 4 heteroatoms. The molecule has 3 nitrogen and oxygen atoms in total. The van der Waals surface area contributed by atoms with Crippen molar-refractivity contribution in [2.75, 3.05) is 5.32 Å². The van der Waals surface area contributed by atoms with Crippen LogP contribution in [0.4, 0.5) is 15.8 Å². The zero-order valence-electron chi connectivity index (χ0n) is 12.6. The number of nitrogens with zero attached hydrogens (tertiary/aromatic N) is 2. The Morgan fingerprint density at radius 2 is 1.77 bits per heavy atom. The van der Waals surface area contributed by atoms with Crippen molar-refractivity contribution in [2.24, 2.45) is 0 Å². The van der Waals surface area contributed by atoms with Crippen molar-refractivity contribution in [2.45, 2.75) is 19.9 Å². The first-order valence-electron chi connectivity index (χ1n) is 7.30. The topological polar surface area (TPSA) is 29.9 Å². The fraction of sp³-hybridized carbons (Fsp3) is 0.167. The van der Waals surface area contributed by atoms with Gasteiger partial charge in [0.05, 0.1) is 5.69 Å². The average molecular weight is 295 g/mol. The molecule has 22 heavy (non-hydrogen) atoms. The summed E-state index contributed by atoms with van der Waals surface area (Å²) in [6.45, 7) is 4.22. The second kappa shape index (κ2) is 6.02. The summed E-state index contributed by atoms with van der Waals surface area (Å²) < 4.78 is 15.0. The predicted octanol–water partition coefficient (Wildman–Crippen LogP) is 5.01. The van der Waals surface area contributed by atoms with Crippen LogP contribution < -0.4 is 5.32 Å². The van der Waals surface area contributed by atoms with Crippen molar-refractivity contribution in [1.29, 1.82) is 0 Å². The molecule has 0 radical (unpaired) electrons. The van der Waals surface area contributed by atoms with Crippen LogP contribution in [0, 0.1) is 5.82 Å². The fourth-order valence-electron chi connectivity index (χ4n) is 2.41. The Bertz CT molecular complexity index is 760. The minimum Gasteiger partial charge on any atom is -0.356 e. The summed E-state index contributed by atoms with van der Waals surface area (Å²) in [5, 5.41) is 7.66. The van der Waals surface area contributed by atoms with Gasteiger partial charge in [-0.2, -0.15) is 5.10 Å². The summed E-state index contributed by atoms with van der Waals surface area (Å²) in [4.78, 5) is 0. The third-order valence-electron chi connectivity index (χ3n) is 3.45. The third kappa shape index (κ3) is 3.01. The van der Waals surface area contributed by atoms with Gasteiger partial charge in [0.1, 0.15) is 5.82 Å². The summed E-state index contributed by atoms with van der Waals surface area (Å²) in [6.07, 6.45) is 1.81. The lowest BCUT2D eigenvalue weighted by Crippen LogP contribution is -2.04. The highest BCUT2D eigenvalue weighted by atomic mass is 19.1. The maximum absolute atomic E-state index is 13.0. The minimum absolute atomic E-state index is 0.236. The highest BCUT2D eigenvalue weighted by molar-refractivity contribution is 5.69. The number of rotatable bonds is 4. The fourth-order valence-corrected chi connectivity index (χ4v) is 2.41. The van der Waals surface area contributed by atoms with E-state index in [-0.39, 0.29) is 5.82 Å². The molecule has 3 aromatic rings. The summed E-state index contributed by atoms with van der Waals surface area (Å²) in [6, 6.07) is 16.8. The maximum atomic E-state index is 13.0. The first-order chi connectivity index (χ1) is 10.6. The average Bonchev–Trinajstić information content (AvgIpc) is 3.00. The van der Waals surface area contributed by atoms with Gasteiger partial charge in [-0.15, -0.1) is 0 Å². The molecule has 1 heterocycles. The van der Waals surface area contributed by atoms with E-state index in [9.17, 15) is 4.39 Å². The zero-order chi connectivity index (χ0) is 15.5. The largest absolute Gasteiger partial charge is 0.356 e. The zero-order valence-corrected chi connectivity index (χ0v) is 12.6. The van der Waals surface area contributed by atoms with Crippen LogP contribution >= 0.6 is 0 Å². The second-order valence-electron chi connectivity index (χ2n) is 5.47. The van der Waals surface area contributed by atoms with Crippen molar-refractivity contribution < 1.29 is 4.39 Å². The number of benzene rings is 2. The van der Waals surface area contributed by atoms with E-state index in [1.807, 2.05) is 29.1 Å². The number of hydrogen-bond donors (Lipinski definition) is 1. The van der Waals surface area contributed by atoms with Crippen LogP contribution in [-0.2, 0) is 0 Å². The second-order valence-corrected chi connectivity index (χ2v) is 5.47. The first kappa shape index (κ1) is 14.3. The Kier molecular flexibility index (Phi) is 3.92. The Morgan fingerprint density at radius 3 is 2.50 bits per heavy atom. The molecule has 112 valence electrons. The van der Waals surface area contributed by atoms with Gasteiger partial charge in [-0.1, -0.05) is 12.1 Å². The molecule has 0 fully saturated rings. The van der Waals surface area contributed by atoms with Crippen LogP contribution in [0.5, 0.6) is 0 Å². The molecule has 0 amide bonds. The Morgan fingerprint density at radius 1 is 1.00 bits per heavy atom. The van der Waals surface area contributed by atoms with Gasteiger partial charge in [0.15, 0.2) is 0 Å². The first-order valence-corrected chi connectivity index (χ1v) is 7.30. The standard InChI is InChI=1S/C18H18FN3/c1-13(2)22-18(10-11-20-22)14-4-3-5-17(12-14)21-16-8-6-15(19)7-9-16/h3-13,21H,1-2H3. The molecule has 0 atom stereocenters. The van der Waals surface area contributed by atoms with Gasteiger partial charge in [-0.25, -0.2) is 4.39 Å². The van der Waals surface area contributed by atoms with Crippen LogP contribution in [0.15, 0.2) is 60.8 Å². The van der Waals surface area contributed by atoms with Crippen molar-refractivity contribution in [3.8, 4) is 11.3 Å². The number of anilines is 2. The lowest BCUT2D eigenvalue weighted by molar-refractivity contribution is 0.538. The molecular formula is C18H18FN3. The molecule has 0 saturated carbocycles. The predicted molar refractivity (Wildman–Crippen MR) is 87.7 cm³/mol. The smallest absolute Gasteiger partial charge is 0.123 e. The number of hydrogen-bond acceptors (Lipinski definition) is 2. The Balaban J connectivity index is 1.89. The summed E-state index contributed by atoms with van der Waals surface area (Å²) in [5.74, 6) is -0.236. The molecule has 0 unspecified atom stereocenters. The highest BCUT2D eigenvalue weighted by Gasteiger charge is 2.08. The highest BCUT2D eigenvalue weighted by Crippen LogP contribution is 2.26. The van der Waals surface area contributed by atoms with E-state index in [1.165, 1.54) is 12.1 Å². The molecule has 1 N–H and O–H groups in total. The van der Waals surface area contributed by atoms with E-state index in [2.05, 4.69) is 36.4 Å². The van der Waals surface area contributed by atoms with E-state index in [0.29, 0.717) is 6.04 Å². The van der Waals surface area contributed by atoms with Crippen molar-refractivity contribution in [3.63, 3.8) is 0 Å². The van der Waals surface area contributed by atoms with E-state index >= 15 is 0 Å². The molecule has 0 bridgehead atoms. The summed E-state index contributed by atoms with van der Waals surface area (Å²) in [5.41, 5.74) is 3.99. The van der Waals surface area contributed by atoms with Gasteiger partial charge in [0.2, 0.25) is 0 Å². The summed E-state index contributed by atoms with van der Waals surface area (Å²) >= 11 is 0. The van der Waals surface area contributed by atoms with Crippen molar-refractivity contribution >= 4 is 11.4 Å². The Hall–Kier alpha value is -2.62. The van der Waals surface area contributed by atoms with Crippen LogP contribution in [-0.4, -0.2) is 9.78 Å². The van der Waals surface area contributed by atoms with E-state index in [4.69, 9.17) is 0 Å². The number of aromatic nitrogens is 2. The van der Waals surface area contributed by atoms with Crippen LogP contribution in [0.3, 0.4) is 0 Å². The van der Waals surface area contributed by atoms with Gasteiger partial charge < -0.3 is 5.32 Å². The van der Waals surface area contributed by atoms with E-state index < -0.39 is 0 Å². The molecular weight excluding hydrogens is 277 g/mol. The van der Waals surface area contributed by atoms with Crippen LogP contribution in [0.25, 0.3) is 11.3 Å². The lowest BCUT2D eigenvalue weighted by atomic mass is 10.1. The van der Waals surface area contributed by atoms with Gasteiger partial charge in [0, 0.05) is 29.2 Å². The third-order valence-corrected chi connectivity index (χ3v) is 3.45. The van der Waals surface area contributed by atoms with Gasteiger partial charge in [-0.05, 0) is 56.3 Å². The van der Waals surface area contributed by atoms with Gasteiger partial charge in [0.25, 0.3) is 0 Å². The molecule has 2 aromatic carbocycles. The van der Waals surface area contributed by atoms with Gasteiger partial charge in [-0.3, -0.25) is 4.68 Å². The van der Waals surface area contributed by atoms with Crippen molar-refractivity contribution in [1.82, 2.24) is 9.78 Å². The number of nitrogens with one attached hydrogen (secondary N) is 1. The molecule has 0 spiro atoms.